The maximum absolute atomic E-state index is 12.2. The topological polar surface area (TPSA) is 176 Å². The summed E-state index contributed by atoms with van der Waals surface area (Å²) >= 11 is 0. The lowest BCUT2D eigenvalue weighted by Gasteiger charge is -2.18. The summed E-state index contributed by atoms with van der Waals surface area (Å²) in [6, 6.07) is 6.70. The van der Waals surface area contributed by atoms with E-state index in [2.05, 4.69) is 4.99 Å². The zero-order chi connectivity index (χ0) is 32.8. The predicted octanol–water partition coefficient (Wildman–Crippen LogP) is 4.82. The van der Waals surface area contributed by atoms with Gasteiger partial charge < -0.3 is 16.2 Å². The van der Waals surface area contributed by atoms with Gasteiger partial charge in [0.25, 0.3) is 5.91 Å². The summed E-state index contributed by atoms with van der Waals surface area (Å²) in [5.74, 6) is -0.902. The van der Waals surface area contributed by atoms with Crippen LogP contribution in [-0.4, -0.2) is 54.3 Å². The van der Waals surface area contributed by atoms with Crippen LogP contribution in [0.2, 0.25) is 0 Å². The highest BCUT2D eigenvalue weighted by Crippen LogP contribution is 2.40. The summed E-state index contributed by atoms with van der Waals surface area (Å²) in [4.78, 5) is 28.1. The van der Waals surface area contributed by atoms with Crippen molar-refractivity contribution in [2.75, 3.05) is 19.6 Å². The number of hydrogen-bond acceptors (Lipinski definition) is 7. The quantitative estimate of drug-likeness (QED) is 0.231. The SMILES string of the molecule is CCc1cc(C2CCCC2)c(S(C)(=O)=O)cc1C(=O)N=C(N)N.CCc1cc(C2CCCC2)c(S(C)(=O)=O)cc1C(=O)OC. The van der Waals surface area contributed by atoms with Crippen LogP contribution < -0.4 is 11.5 Å². The first-order valence-electron chi connectivity index (χ1n) is 15.1. The molecule has 2 saturated carbocycles. The van der Waals surface area contributed by atoms with Gasteiger partial charge in [-0.15, -0.1) is 0 Å². The molecule has 2 aliphatic carbocycles. The molecule has 2 aliphatic rings. The zero-order valence-corrected chi connectivity index (χ0v) is 27.9. The fourth-order valence-corrected chi connectivity index (χ4v) is 8.27. The van der Waals surface area contributed by atoms with Crippen LogP contribution in [0.25, 0.3) is 0 Å². The Morgan fingerprint density at radius 1 is 0.750 bits per heavy atom. The normalized spacial score (nSPS) is 15.8. The van der Waals surface area contributed by atoms with Crippen molar-refractivity contribution in [1.82, 2.24) is 0 Å². The van der Waals surface area contributed by atoms with E-state index in [0.717, 1.165) is 73.6 Å². The fourth-order valence-electron chi connectivity index (χ4n) is 6.30. The van der Waals surface area contributed by atoms with Crippen LogP contribution in [0.4, 0.5) is 0 Å². The minimum atomic E-state index is -3.44. The van der Waals surface area contributed by atoms with Crippen molar-refractivity contribution in [2.45, 2.75) is 99.7 Å². The average Bonchev–Trinajstić information content (AvgIpc) is 3.69. The fraction of sp³-hybridized carbons (Fsp3) is 0.531. The Kier molecular flexibility index (Phi) is 11.8. The average molecular weight is 648 g/mol. The van der Waals surface area contributed by atoms with E-state index in [4.69, 9.17) is 16.2 Å². The summed E-state index contributed by atoms with van der Waals surface area (Å²) in [6.45, 7) is 3.88. The van der Waals surface area contributed by atoms with E-state index in [1.807, 2.05) is 26.0 Å². The third kappa shape index (κ3) is 8.47. The number of benzene rings is 2. The number of aliphatic imine (C=N–C) groups is 1. The number of carbonyl (C=O) groups is 2. The van der Waals surface area contributed by atoms with Gasteiger partial charge in [0.15, 0.2) is 25.6 Å². The van der Waals surface area contributed by atoms with Crippen molar-refractivity contribution in [3.05, 3.63) is 57.6 Å². The van der Waals surface area contributed by atoms with Crippen LogP contribution in [0.3, 0.4) is 0 Å². The number of rotatable bonds is 8. The number of ether oxygens (including phenoxy) is 1. The van der Waals surface area contributed by atoms with Crippen molar-refractivity contribution in [2.24, 2.45) is 16.5 Å². The number of sulfone groups is 2. The summed E-state index contributed by atoms with van der Waals surface area (Å²) in [7, 11) is -5.50. The van der Waals surface area contributed by atoms with E-state index in [-0.39, 0.29) is 33.1 Å². The van der Waals surface area contributed by atoms with Crippen LogP contribution >= 0.6 is 0 Å². The minimum Gasteiger partial charge on any atom is -0.465 e. The molecule has 2 aromatic carbocycles. The first-order valence-corrected chi connectivity index (χ1v) is 18.9. The van der Waals surface area contributed by atoms with Gasteiger partial charge >= 0.3 is 5.97 Å². The largest absolute Gasteiger partial charge is 0.465 e. The molecule has 44 heavy (non-hydrogen) atoms. The van der Waals surface area contributed by atoms with E-state index in [0.29, 0.717) is 18.4 Å². The molecular weight excluding hydrogens is 603 g/mol. The lowest BCUT2D eigenvalue weighted by atomic mass is 9.92. The third-order valence-electron chi connectivity index (χ3n) is 8.49. The molecule has 4 N–H and O–H groups in total. The van der Waals surface area contributed by atoms with Gasteiger partial charge in [-0.05, 0) is 84.7 Å². The molecule has 0 atom stereocenters. The molecular formula is C32H45N3O7S2. The maximum atomic E-state index is 12.2. The molecule has 2 fully saturated rings. The molecule has 0 saturated heterocycles. The first-order chi connectivity index (χ1) is 20.6. The van der Waals surface area contributed by atoms with Crippen LogP contribution in [0, 0.1) is 0 Å². The number of aryl methyl sites for hydroxylation is 2. The maximum Gasteiger partial charge on any atom is 0.338 e. The lowest BCUT2D eigenvalue weighted by molar-refractivity contribution is 0.0599. The first kappa shape index (κ1) is 35.2. The molecule has 0 unspecified atom stereocenters. The highest BCUT2D eigenvalue weighted by molar-refractivity contribution is 7.91. The number of nitrogens with zero attached hydrogens (tertiary/aromatic N) is 1. The summed E-state index contributed by atoms with van der Waals surface area (Å²) in [5.41, 5.74) is 14.5. The number of carbonyl (C=O) groups excluding carboxylic acids is 2. The molecule has 1 amide bonds. The Morgan fingerprint density at radius 2 is 1.14 bits per heavy atom. The number of esters is 1. The van der Waals surface area contributed by atoms with Gasteiger partial charge in [-0.3, -0.25) is 4.79 Å². The van der Waals surface area contributed by atoms with Gasteiger partial charge in [0.1, 0.15) is 0 Å². The highest BCUT2D eigenvalue weighted by atomic mass is 32.2. The van der Waals surface area contributed by atoms with Gasteiger partial charge in [-0.1, -0.05) is 51.7 Å². The second kappa shape index (κ2) is 14.7. The Bertz CT molecular complexity index is 1630. The van der Waals surface area contributed by atoms with Gasteiger partial charge in [0.05, 0.1) is 22.5 Å². The third-order valence-corrected chi connectivity index (χ3v) is 10.8. The van der Waals surface area contributed by atoms with E-state index in [9.17, 15) is 26.4 Å². The molecule has 2 aromatic rings. The van der Waals surface area contributed by atoms with Crippen molar-refractivity contribution < 1.29 is 31.2 Å². The monoisotopic (exact) mass is 647 g/mol. The second-order valence-electron chi connectivity index (χ2n) is 11.6. The number of hydrogen-bond donors (Lipinski definition) is 2. The molecule has 0 radical (unpaired) electrons. The Morgan fingerprint density at radius 3 is 1.48 bits per heavy atom. The van der Waals surface area contributed by atoms with Crippen LogP contribution in [0.5, 0.6) is 0 Å². The van der Waals surface area contributed by atoms with Gasteiger partial charge in [0.2, 0.25) is 0 Å². The predicted molar refractivity (Wildman–Crippen MR) is 172 cm³/mol. The molecule has 0 heterocycles. The van der Waals surface area contributed by atoms with Crippen molar-refractivity contribution in [3.63, 3.8) is 0 Å². The molecule has 242 valence electrons. The molecule has 0 aliphatic heterocycles. The smallest absolute Gasteiger partial charge is 0.338 e. The minimum absolute atomic E-state index is 0.218. The van der Waals surface area contributed by atoms with Crippen LogP contribution in [-0.2, 0) is 37.3 Å². The van der Waals surface area contributed by atoms with Crippen molar-refractivity contribution in [1.29, 1.82) is 0 Å². The van der Waals surface area contributed by atoms with E-state index in [1.165, 1.54) is 31.8 Å². The molecule has 10 nitrogen and oxygen atoms in total. The number of amides is 1. The lowest BCUT2D eigenvalue weighted by Crippen LogP contribution is -2.24. The van der Waals surface area contributed by atoms with E-state index in [1.54, 1.807) is 0 Å². The summed E-state index contributed by atoms with van der Waals surface area (Å²) in [6.07, 6.45) is 12.1. The number of nitrogens with two attached hydrogens (primary N) is 2. The number of guanidine groups is 1. The zero-order valence-electron chi connectivity index (χ0n) is 26.3. The Hall–Kier alpha value is -3.25. The van der Waals surface area contributed by atoms with Crippen LogP contribution in [0.1, 0.15) is 120 Å². The van der Waals surface area contributed by atoms with Gasteiger partial charge in [-0.2, -0.15) is 4.99 Å². The summed E-state index contributed by atoms with van der Waals surface area (Å²) < 4.78 is 53.4. The van der Waals surface area contributed by atoms with E-state index < -0.39 is 31.6 Å². The van der Waals surface area contributed by atoms with Gasteiger partial charge in [-0.25, -0.2) is 21.6 Å². The van der Waals surface area contributed by atoms with E-state index >= 15 is 0 Å². The van der Waals surface area contributed by atoms with Crippen LogP contribution in [0.15, 0.2) is 39.0 Å². The second-order valence-corrected chi connectivity index (χ2v) is 15.6. The molecule has 0 bridgehead atoms. The highest BCUT2D eigenvalue weighted by Gasteiger charge is 2.28. The number of methoxy groups -OCH3 is 1. The molecule has 0 spiro atoms. The molecule has 12 heteroatoms. The molecule has 4 rings (SSSR count). The van der Waals surface area contributed by atoms with Crippen molar-refractivity contribution in [3.8, 4) is 0 Å². The Balaban J connectivity index is 0.000000241. The van der Waals surface area contributed by atoms with Crippen molar-refractivity contribution >= 4 is 37.5 Å². The van der Waals surface area contributed by atoms with Gasteiger partial charge in [0, 0.05) is 18.1 Å². The summed E-state index contributed by atoms with van der Waals surface area (Å²) in [5, 5.41) is 0. The Labute approximate surface area is 261 Å². The molecule has 0 aromatic heterocycles. The standard InChI is InChI=1S/C16H23N3O3S.C16H22O4S/c1-3-10-8-12(11-6-4-5-7-11)14(23(2,21)22)9-13(10)15(20)19-16(17)18;1-4-11-9-13(12-7-5-6-8-12)15(21(3,18)19)10-14(11)16(17)20-2/h8-9,11H,3-7H2,1-2H3,(H4,17,18,19,20);9-10,12H,4-8H2,1-3H3.